The van der Waals surface area contributed by atoms with Crippen LogP contribution < -0.4 is 10.2 Å². The molecule has 1 aromatic heterocycles. The Morgan fingerprint density at radius 1 is 1.16 bits per heavy atom. The van der Waals surface area contributed by atoms with Crippen LogP contribution in [0.2, 0.25) is 5.02 Å². The molecular formula is C22H25ClN6OS. The van der Waals surface area contributed by atoms with Crippen molar-refractivity contribution in [2.75, 3.05) is 49.2 Å². The number of halogens is 1. The van der Waals surface area contributed by atoms with E-state index in [9.17, 15) is 4.79 Å². The number of rotatable bonds is 6. The average Bonchev–Trinajstić information content (AvgIpc) is 3.24. The minimum Gasteiger partial charge on any atom is -0.367 e. The van der Waals surface area contributed by atoms with Crippen molar-refractivity contribution >= 4 is 40.6 Å². The van der Waals surface area contributed by atoms with E-state index >= 15 is 0 Å². The number of piperazine rings is 1. The Morgan fingerprint density at radius 3 is 2.71 bits per heavy atom. The molecule has 1 fully saturated rings. The number of amides is 1. The monoisotopic (exact) mass is 456 g/mol. The van der Waals surface area contributed by atoms with Crippen LogP contribution in [0.5, 0.6) is 0 Å². The van der Waals surface area contributed by atoms with Crippen LogP contribution in [0.3, 0.4) is 0 Å². The summed E-state index contributed by atoms with van der Waals surface area (Å²) in [6.45, 7) is 5.87. The van der Waals surface area contributed by atoms with Gasteiger partial charge in [-0.2, -0.15) is 0 Å². The molecule has 0 bridgehead atoms. The fourth-order valence-corrected chi connectivity index (χ4v) is 4.35. The van der Waals surface area contributed by atoms with Gasteiger partial charge in [-0.3, -0.25) is 9.36 Å². The molecule has 1 aliphatic heterocycles. The molecule has 9 heteroatoms. The van der Waals surface area contributed by atoms with Crippen molar-refractivity contribution in [3.8, 4) is 5.69 Å². The van der Waals surface area contributed by atoms with E-state index in [1.54, 1.807) is 6.33 Å². The molecule has 31 heavy (non-hydrogen) atoms. The number of para-hydroxylation sites is 2. The first-order valence-corrected chi connectivity index (χ1v) is 11.5. The number of nitrogens with zero attached hydrogens (tertiary/aromatic N) is 5. The van der Waals surface area contributed by atoms with Crippen molar-refractivity contribution in [3.05, 3.63) is 59.4 Å². The van der Waals surface area contributed by atoms with Crippen LogP contribution in [-0.2, 0) is 4.79 Å². The van der Waals surface area contributed by atoms with Crippen molar-refractivity contribution in [3.63, 3.8) is 0 Å². The Hall–Kier alpha value is -2.55. The number of hydrogen-bond acceptors (Lipinski definition) is 6. The van der Waals surface area contributed by atoms with Crippen molar-refractivity contribution in [1.82, 2.24) is 19.7 Å². The highest BCUT2D eigenvalue weighted by atomic mass is 35.5. The number of benzene rings is 2. The zero-order chi connectivity index (χ0) is 21.8. The van der Waals surface area contributed by atoms with E-state index in [0.29, 0.717) is 10.2 Å². The second kappa shape index (κ2) is 9.72. The third-order valence-electron chi connectivity index (χ3n) is 5.30. The van der Waals surface area contributed by atoms with Gasteiger partial charge in [-0.1, -0.05) is 41.6 Å². The van der Waals surface area contributed by atoms with E-state index in [2.05, 4.69) is 38.4 Å². The largest absolute Gasteiger partial charge is 0.367 e. The molecule has 0 unspecified atom stereocenters. The first-order valence-electron chi connectivity index (χ1n) is 10.1. The van der Waals surface area contributed by atoms with Gasteiger partial charge < -0.3 is 15.1 Å². The van der Waals surface area contributed by atoms with Gasteiger partial charge in [0.25, 0.3) is 0 Å². The van der Waals surface area contributed by atoms with Crippen LogP contribution >= 0.6 is 23.4 Å². The molecule has 2 heterocycles. The lowest BCUT2D eigenvalue weighted by molar-refractivity contribution is -0.113. The minimum atomic E-state index is -0.0805. The number of likely N-dealkylation sites (N-methyl/N-ethyl adjacent to an activating group) is 1. The Balaban J connectivity index is 1.41. The normalized spacial score (nSPS) is 14.6. The summed E-state index contributed by atoms with van der Waals surface area (Å²) in [5.74, 6) is 0.151. The predicted molar refractivity (Wildman–Crippen MR) is 127 cm³/mol. The van der Waals surface area contributed by atoms with E-state index in [0.717, 1.165) is 48.8 Å². The van der Waals surface area contributed by atoms with Crippen LogP contribution in [0.1, 0.15) is 5.56 Å². The van der Waals surface area contributed by atoms with Gasteiger partial charge in [-0.15, -0.1) is 10.2 Å². The fraction of sp³-hybridized carbons (Fsp3) is 0.318. The molecule has 0 radical (unpaired) electrons. The van der Waals surface area contributed by atoms with Crippen molar-refractivity contribution < 1.29 is 4.79 Å². The predicted octanol–water partition coefficient (Wildman–Crippen LogP) is 3.71. The van der Waals surface area contributed by atoms with E-state index in [1.807, 2.05) is 47.9 Å². The smallest absolute Gasteiger partial charge is 0.234 e. The van der Waals surface area contributed by atoms with Crippen LogP contribution in [0.4, 0.5) is 11.4 Å². The molecular weight excluding hydrogens is 432 g/mol. The first kappa shape index (κ1) is 21.7. The number of thioether (sulfide) groups is 1. The molecule has 3 aromatic rings. The molecule has 162 valence electrons. The maximum Gasteiger partial charge on any atom is 0.234 e. The number of aromatic nitrogens is 3. The molecule has 7 nitrogen and oxygen atoms in total. The van der Waals surface area contributed by atoms with Gasteiger partial charge in [-0.05, 0) is 43.8 Å². The van der Waals surface area contributed by atoms with Crippen LogP contribution in [0.15, 0.2) is 53.9 Å². The summed E-state index contributed by atoms with van der Waals surface area (Å²) in [5, 5.41) is 12.5. The van der Waals surface area contributed by atoms with Crippen molar-refractivity contribution in [1.29, 1.82) is 0 Å². The summed E-state index contributed by atoms with van der Waals surface area (Å²) in [4.78, 5) is 17.3. The summed E-state index contributed by atoms with van der Waals surface area (Å²) in [7, 11) is 2.13. The quantitative estimate of drug-likeness (QED) is 0.570. The highest BCUT2D eigenvalue weighted by Gasteiger charge is 2.18. The highest BCUT2D eigenvalue weighted by molar-refractivity contribution is 7.99. The average molecular weight is 457 g/mol. The number of nitrogens with one attached hydrogen (secondary N) is 1. The standard InChI is InChI=1S/C22H25ClN6OS/c1-16-7-8-17(13-18(16)23)29-15-24-26-22(29)31-14-21(30)25-19-5-3-4-6-20(19)28-11-9-27(2)10-12-28/h3-8,13,15H,9-12,14H2,1-2H3,(H,25,30). The van der Waals surface area contributed by atoms with Crippen LogP contribution in [-0.4, -0.2) is 64.6 Å². The molecule has 4 rings (SSSR count). The number of hydrogen-bond donors (Lipinski definition) is 1. The lowest BCUT2D eigenvalue weighted by Gasteiger charge is -2.35. The SMILES string of the molecule is Cc1ccc(-n2cnnc2SCC(=O)Nc2ccccc2N2CCN(C)CC2)cc1Cl. The topological polar surface area (TPSA) is 66.3 Å². The van der Waals surface area contributed by atoms with E-state index in [4.69, 9.17) is 11.6 Å². The zero-order valence-electron chi connectivity index (χ0n) is 17.6. The molecule has 1 amide bonds. The maximum atomic E-state index is 12.7. The highest BCUT2D eigenvalue weighted by Crippen LogP contribution is 2.28. The molecule has 0 aliphatic carbocycles. The number of anilines is 2. The van der Waals surface area contributed by atoms with Crippen LogP contribution in [0, 0.1) is 6.92 Å². The summed E-state index contributed by atoms with van der Waals surface area (Å²) in [6.07, 6.45) is 1.63. The summed E-state index contributed by atoms with van der Waals surface area (Å²) < 4.78 is 1.83. The molecule has 0 spiro atoms. The second-order valence-electron chi connectivity index (χ2n) is 7.56. The Morgan fingerprint density at radius 2 is 1.94 bits per heavy atom. The van der Waals surface area contributed by atoms with Gasteiger partial charge in [0.1, 0.15) is 6.33 Å². The van der Waals surface area contributed by atoms with Crippen molar-refractivity contribution in [2.45, 2.75) is 12.1 Å². The third kappa shape index (κ3) is 5.20. The zero-order valence-corrected chi connectivity index (χ0v) is 19.2. The summed E-state index contributed by atoms with van der Waals surface area (Å²) >= 11 is 7.60. The third-order valence-corrected chi connectivity index (χ3v) is 6.65. The van der Waals surface area contributed by atoms with E-state index in [1.165, 1.54) is 11.8 Å². The molecule has 0 saturated carbocycles. The van der Waals surface area contributed by atoms with Gasteiger partial charge in [-0.25, -0.2) is 0 Å². The molecule has 1 N–H and O–H groups in total. The lowest BCUT2D eigenvalue weighted by Crippen LogP contribution is -2.44. The van der Waals surface area contributed by atoms with Gasteiger partial charge in [0.2, 0.25) is 5.91 Å². The second-order valence-corrected chi connectivity index (χ2v) is 8.91. The number of aryl methyl sites for hydroxylation is 1. The maximum absolute atomic E-state index is 12.7. The molecule has 1 saturated heterocycles. The lowest BCUT2D eigenvalue weighted by atomic mass is 10.2. The van der Waals surface area contributed by atoms with Gasteiger partial charge >= 0.3 is 0 Å². The molecule has 2 aromatic carbocycles. The van der Waals surface area contributed by atoms with E-state index in [-0.39, 0.29) is 11.7 Å². The first-order chi connectivity index (χ1) is 15.0. The Bertz CT molecular complexity index is 1060. The summed E-state index contributed by atoms with van der Waals surface area (Å²) in [5.41, 5.74) is 3.77. The van der Waals surface area contributed by atoms with Crippen LogP contribution in [0.25, 0.3) is 5.69 Å². The fourth-order valence-electron chi connectivity index (χ4n) is 3.45. The van der Waals surface area contributed by atoms with Gasteiger partial charge in [0.05, 0.1) is 22.8 Å². The number of carbonyl (C=O) groups is 1. The van der Waals surface area contributed by atoms with E-state index < -0.39 is 0 Å². The van der Waals surface area contributed by atoms with Gasteiger partial charge in [0.15, 0.2) is 5.16 Å². The number of carbonyl (C=O) groups excluding carboxylic acids is 1. The Kier molecular flexibility index (Phi) is 6.80. The van der Waals surface area contributed by atoms with Crippen molar-refractivity contribution in [2.24, 2.45) is 0 Å². The van der Waals surface area contributed by atoms with Gasteiger partial charge in [0, 0.05) is 31.2 Å². The Labute approximate surface area is 191 Å². The summed E-state index contributed by atoms with van der Waals surface area (Å²) in [6, 6.07) is 13.7. The molecule has 1 aliphatic rings. The minimum absolute atomic E-state index is 0.0805. The molecule has 0 atom stereocenters.